The molecule has 114 valence electrons. The summed E-state index contributed by atoms with van der Waals surface area (Å²) in [5.41, 5.74) is 9.92. The van der Waals surface area contributed by atoms with Crippen LogP contribution in [-0.2, 0) is 37.2 Å². The molecule has 0 spiro atoms. The molecule has 1 aromatic rings. The minimum absolute atomic E-state index is 1.17. The predicted molar refractivity (Wildman–Crippen MR) is 98.4 cm³/mol. The Labute approximate surface area is 134 Å². The van der Waals surface area contributed by atoms with Gasteiger partial charge in [0.2, 0.25) is 0 Å². The lowest BCUT2D eigenvalue weighted by Crippen LogP contribution is -2.11. The van der Waals surface area contributed by atoms with Crippen LogP contribution in [0.4, 0.5) is 0 Å². The molecule has 20 heavy (non-hydrogen) atoms. The van der Waals surface area contributed by atoms with E-state index in [0.717, 1.165) is 0 Å². The average Bonchev–Trinajstić information content (AvgIpc) is 2.47. The van der Waals surface area contributed by atoms with Gasteiger partial charge in [0.1, 0.15) is 0 Å². The Morgan fingerprint density at radius 1 is 0.500 bits per heavy atom. The van der Waals surface area contributed by atoms with Crippen LogP contribution < -0.4 is 0 Å². The summed E-state index contributed by atoms with van der Waals surface area (Å²) >= 11 is 3.93. The maximum Gasteiger partial charge on any atom is 0.0187 e. The first-order chi connectivity index (χ1) is 9.69. The minimum Gasteiger partial charge on any atom is -0.161 e. The van der Waals surface area contributed by atoms with E-state index in [1.807, 2.05) is 23.5 Å². The molecule has 0 unspecified atom stereocenters. The average molecular weight is 311 g/mol. The Kier molecular flexibility index (Phi) is 8.13. The predicted octanol–water partition coefficient (Wildman–Crippen LogP) is 5.66. The summed E-state index contributed by atoms with van der Waals surface area (Å²) in [5.74, 6) is 2.35. The Balaban J connectivity index is 3.67. The Morgan fingerprint density at radius 3 is 0.900 bits per heavy atom. The molecular weight excluding hydrogens is 280 g/mol. The van der Waals surface area contributed by atoms with E-state index in [9.17, 15) is 0 Å². The fourth-order valence-corrected chi connectivity index (χ4v) is 4.71. The van der Waals surface area contributed by atoms with Gasteiger partial charge in [-0.3, -0.25) is 0 Å². The summed E-state index contributed by atoms with van der Waals surface area (Å²) in [5, 5.41) is 0. The summed E-state index contributed by atoms with van der Waals surface area (Å²) in [7, 11) is 0. The van der Waals surface area contributed by atoms with Gasteiger partial charge in [-0.1, -0.05) is 27.7 Å². The lowest BCUT2D eigenvalue weighted by molar-refractivity contribution is 0.919. The molecule has 0 saturated carbocycles. The van der Waals surface area contributed by atoms with Crippen molar-refractivity contribution in [1.82, 2.24) is 0 Å². The first-order valence-corrected chi connectivity index (χ1v) is 10.6. The SMILES string of the molecule is CCc1c(CC)c(CSC)c(CC)c(CC)c1CSC. The molecule has 2 heteroatoms. The van der Waals surface area contributed by atoms with E-state index in [0.29, 0.717) is 0 Å². The van der Waals surface area contributed by atoms with Crippen LogP contribution in [0.25, 0.3) is 0 Å². The molecule has 0 aliphatic carbocycles. The molecule has 0 radical (unpaired) electrons. The molecule has 0 aromatic heterocycles. The van der Waals surface area contributed by atoms with Gasteiger partial charge in [-0.15, -0.1) is 0 Å². The normalized spacial score (nSPS) is 11.1. The Morgan fingerprint density at radius 2 is 0.750 bits per heavy atom. The van der Waals surface area contributed by atoms with Crippen molar-refractivity contribution < 1.29 is 0 Å². The zero-order valence-corrected chi connectivity index (χ0v) is 15.7. The van der Waals surface area contributed by atoms with E-state index in [4.69, 9.17) is 0 Å². The summed E-state index contributed by atoms with van der Waals surface area (Å²) in [6.07, 6.45) is 9.17. The fourth-order valence-electron chi connectivity index (χ4n) is 3.44. The van der Waals surface area contributed by atoms with Crippen molar-refractivity contribution in [3.05, 3.63) is 33.4 Å². The maximum atomic E-state index is 2.33. The number of benzene rings is 1. The summed E-state index contributed by atoms with van der Waals surface area (Å²) in [4.78, 5) is 0. The van der Waals surface area contributed by atoms with Crippen molar-refractivity contribution in [2.24, 2.45) is 0 Å². The van der Waals surface area contributed by atoms with Crippen LogP contribution in [0, 0.1) is 0 Å². The highest BCUT2D eigenvalue weighted by atomic mass is 32.2. The van der Waals surface area contributed by atoms with Crippen LogP contribution in [0.5, 0.6) is 0 Å². The summed E-state index contributed by atoms with van der Waals surface area (Å²) in [6, 6.07) is 0. The highest BCUT2D eigenvalue weighted by molar-refractivity contribution is 7.98. The van der Waals surface area contributed by atoms with Crippen molar-refractivity contribution in [1.29, 1.82) is 0 Å². The standard InChI is InChI=1S/C18H30S2/c1-7-13-14(8-2)18(12-20-6)16(10-4)15(9-3)17(13)11-19-5/h7-12H2,1-6H3. The van der Waals surface area contributed by atoms with Crippen molar-refractivity contribution in [2.45, 2.75) is 64.9 Å². The molecule has 0 atom stereocenters. The fraction of sp³-hybridized carbons (Fsp3) is 0.667. The topological polar surface area (TPSA) is 0 Å². The van der Waals surface area contributed by atoms with E-state index >= 15 is 0 Å². The van der Waals surface area contributed by atoms with Gasteiger partial charge in [0.15, 0.2) is 0 Å². The third-order valence-corrected chi connectivity index (χ3v) is 5.33. The van der Waals surface area contributed by atoms with E-state index in [1.165, 1.54) is 37.2 Å². The van der Waals surface area contributed by atoms with Gasteiger partial charge in [0, 0.05) is 11.5 Å². The van der Waals surface area contributed by atoms with Crippen molar-refractivity contribution in [3.8, 4) is 0 Å². The third kappa shape index (κ3) is 3.57. The summed E-state index contributed by atoms with van der Waals surface area (Å²) < 4.78 is 0. The highest BCUT2D eigenvalue weighted by Gasteiger charge is 2.19. The molecular formula is C18H30S2. The van der Waals surface area contributed by atoms with Crippen LogP contribution in [0.1, 0.15) is 61.1 Å². The molecule has 0 N–H and O–H groups in total. The molecule has 0 nitrogen and oxygen atoms in total. The van der Waals surface area contributed by atoms with Gasteiger partial charge >= 0.3 is 0 Å². The van der Waals surface area contributed by atoms with Gasteiger partial charge in [-0.05, 0) is 71.6 Å². The quantitative estimate of drug-likeness (QED) is 0.607. The zero-order chi connectivity index (χ0) is 15.1. The Bertz CT molecular complexity index is 362. The van der Waals surface area contributed by atoms with E-state index in [1.54, 1.807) is 33.4 Å². The molecule has 0 aliphatic rings. The van der Waals surface area contributed by atoms with E-state index < -0.39 is 0 Å². The van der Waals surface area contributed by atoms with Gasteiger partial charge < -0.3 is 0 Å². The van der Waals surface area contributed by atoms with Crippen molar-refractivity contribution in [2.75, 3.05) is 12.5 Å². The van der Waals surface area contributed by atoms with E-state index in [2.05, 4.69) is 40.2 Å². The smallest absolute Gasteiger partial charge is 0.0187 e. The van der Waals surface area contributed by atoms with Crippen LogP contribution in [0.2, 0.25) is 0 Å². The number of thioether (sulfide) groups is 2. The molecule has 0 fully saturated rings. The largest absolute Gasteiger partial charge is 0.161 e. The second kappa shape index (κ2) is 9.04. The second-order valence-corrected chi connectivity index (χ2v) is 6.88. The monoisotopic (exact) mass is 310 g/mol. The van der Waals surface area contributed by atoms with Gasteiger partial charge in [-0.25, -0.2) is 0 Å². The van der Waals surface area contributed by atoms with Gasteiger partial charge in [0.25, 0.3) is 0 Å². The molecule has 0 heterocycles. The van der Waals surface area contributed by atoms with Crippen LogP contribution >= 0.6 is 23.5 Å². The molecule has 0 bridgehead atoms. The highest BCUT2D eigenvalue weighted by Crippen LogP contribution is 2.34. The summed E-state index contributed by atoms with van der Waals surface area (Å²) in [6.45, 7) is 9.30. The second-order valence-electron chi connectivity index (χ2n) is 5.15. The molecule has 1 aromatic carbocycles. The number of hydrogen-bond donors (Lipinski definition) is 0. The first kappa shape index (κ1) is 18.0. The zero-order valence-electron chi connectivity index (χ0n) is 14.1. The van der Waals surface area contributed by atoms with Crippen molar-refractivity contribution >= 4 is 23.5 Å². The number of hydrogen-bond acceptors (Lipinski definition) is 2. The Hall–Kier alpha value is -0.0800. The van der Waals surface area contributed by atoms with E-state index in [-0.39, 0.29) is 0 Å². The van der Waals surface area contributed by atoms with Crippen molar-refractivity contribution in [3.63, 3.8) is 0 Å². The number of rotatable bonds is 8. The first-order valence-electron chi connectivity index (χ1n) is 7.84. The molecule has 0 saturated heterocycles. The molecule has 1 rings (SSSR count). The van der Waals surface area contributed by atoms with Gasteiger partial charge in [-0.2, -0.15) is 23.5 Å². The lowest BCUT2D eigenvalue weighted by Gasteiger charge is -2.25. The van der Waals surface area contributed by atoms with Crippen LogP contribution in [0.3, 0.4) is 0 Å². The lowest BCUT2D eigenvalue weighted by atomic mass is 9.83. The maximum absolute atomic E-state index is 2.33. The minimum atomic E-state index is 1.17. The third-order valence-electron chi connectivity index (χ3n) is 4.18. The van der Waals surface area contributed by atoms with Crippen LogP contribution in [-0.4, -0.2) is 12.5 Å². The van der Waals surface area contributed by atoms with Gasteiger partial charge in [0.05, 0.1) is 0 Å². The molecule has 0 aliphatic heterocycles. The molecule has 0 amide bonds. The van der Waals surface area contributed by atoms with Crippen LogP contribution in [0.15, 0.2) is 0 Å².